The predicted molar refractivity (Wildman–Crippen MR) is 127 cm³/mol. The summed E-state index contributed by atoms with van der Waals surface area (Å²) in [5, 5.41) is 5.82. The van der Waals surface area contributed by atoms with Crippen molar-refractivity contribution >= 4 is 39.0 Å². The summed E-state index contributed by atoms with van der Waals surface area (Å²) in [6.07, 6.45) is 6.80. The fourth-order valence-corrected chi connectivity index (χ4v) is 5.61. The summed E-state index contributed by atoms with van der Waals surface area (Å²) in [4.78, 5) is 22.2. The lowest BCUT2D eigenvalue weighted by atomic mass is 9.78. The highest BCUT2D eigenvalue weighted by molar-refractivity contribution is 7.87. The Morgan fingerprint density at radius 3 is 2.52 bits per heavy atom. The number of carbonyl (C=O) groups excluding carboxylic acids is 1. The number of hydrogen-bond donors (Lipinski definition) is 2. The Morgan fingerprint density at radius 1 is 1.16 bits per heavy atom. The Labute approximate surface area is 189 Å². The number of thiazole rings is 1. The third kappa shape index (κ3) is 4.70. The van der Waals surface area contributed by atoms with Gasteiger partial charge in [0.2, 0.25) is 5.91 Å². The molecule has 1 aliphatic carbocycles. The van der Waals surface area contributed by atoms with Gasteiger partial charge in [-0.05, 0) is 55.0 Å². The molecule has 6 nitrogen and oxygen atoms in total. The second kappa shape index (κ2) is 9.28. The molecule has 162 valence electrons. The lowest BCUT2D eigenvalue weighted by Crippen LogP contribution is -2.39. The largest absolute Gasteiger partial charge is 0.325 e. The number of benzene rings is 1. The van der Waals surface area contributed by atoms with E-state index in [1.165, 1.54) is 11.3 Å². The van der Waals surface area contributed by atoms with Gasteiger partial charge in [-0.2, -0.15) is 0 Å². The van der Waals surface area contributed by atoms with Crippen LogP contribution in [0.4, 0.5) is 10.8 Å². The Balaban J connectivity index is 1.50. The van der Waals surface area contributed by atoms with E-state index in [9.17, 15) is 9.00 Å². The number of nitrogens with zero attached hydrogens (tertiary/aromatic N) is 2. The molecule has 0 radical (unpaired) electrons. The number of hydrogen-bond acceptors (Lipinski definition) is 5. The molecule has 1 aliphatic rings. The molecule has 0 saturated heterocycles. The van der Waals surface area contributed by atoms with Gasteiger partial charge in [0.15, 0.2) is 5.13 Å². The van der Waals surface area contributed by atoms with Gasteiger partial charge in [-0.15, -0.1) is 11.3 Å². The zero-order chi connectivity index (χ0) is 21.8. The predicted octanol–water partition coefficient (Wildman–Crippen LogP) is 5.14. The van der Waals surface area contributed by atoms with E-state index in [1.807, 2.05) is 61.8 Å². The highest BCUT2D eigenvalue weighted by Crippen LogP contribution is 2.36. The Bertz CT molecular complexity index is 1060. The minimum Gasteiger partial charge on any atom is -0.325 e. The lowest BCUT2D eigenvalue weighted by Gasteiger charge is -2.28. The fourth-order valence-electron chi connectivity index (χ4n) is 3.57. The first kappa shape index (κ1) is 21.6. The summed E-state index contributed by atoms with van der Waals surface area (Å²) in [7, 11) is -1.10. The van der Waals surface area contributed by atoms with Crippen LogP contribution in [0.1, 0.15) is 45.2 Å². The average molecular weight is 455 g/mol. The SMILES string of the molecule is CCC(CC)(C(=O)Nc1ccc(-c2cccnc2)cc1)c1csc(NS(=O)C2CC2)n1. The molecule has 1 fully saturated rings. The third-order valence-electron chi connectivity index (χ3n) is 5.79. The second-order valence-electron chi connectivity index (χ2n) is 7.70. The summed E-state index contributed by atoms with van der Waals surface area (Å²) in [6, 6.07) is 11.7. The van der Waals surface area contributed by atoms with Crippen molar-refractivity contribution in [3.8, 4) is 11.1 Å². The smallest absolute Gasteiger partial charge is 0.236 e. The van der Waals surface area contributed by atoms with E-state index in [1.54, 1.807) is 6.20 Å². The van der Waals surface area contributed by atoms with E-state index in [-0.39, 0.29) is 11.2 Å². The van der Waals surface area contributed by atoms with E-state index in [0.717, 1.165) is 35.3 Å². The van der Waals surface area contributed by atoms with Gasteiger partial charge in [-0.25, -0.2) is 9.19 Å². The molecule has 1 aromatic carbocycles. The molecule has 1 unspecified atom stereocenters. The summed E-state index contributed by atoms with van der Waals surface area (Å²) in [5.74, 6) is -0.0770. The van der Waals surface area contributed by atoms with Crippen molar-refractivity contribution < 1.29 is 9.00 Å². The van der Waals surface area contributed by atoms with Crippen LogP contribution in [-0.4, -0.2) is 25.3 Å². The molecular formula is C23H26N4O2S2. The molecular weight excluding hydrogens is 428 g/mol. The Morgan fingerprint density at radius 2 is 1.90 bits per heavy atom. The van der Waals surface area contributed by atoms with Crippen molar-refractivity contribution in [1.82, 2.24) is 9.97 Å². The van der Waals surface area contributed by atoms with Crippen LogP contribution in [0.5, 0.6) is 0 Å². The quantitative estimate of drug-likeness (QED) is 0.469. The van der Waals surface area contributed by atoms with Crippen LogP contribution in [0.25, 0.3) is 11.1 Å². The van der Waals surface area contributed by atoms with Crippen molar-refractivity contribution in [3.63, 3.8) is 0 Å². The second-order valence-corrected chi connectivity index (χ2v) is 10.0. The van der Waals surface area contributed by atoms with Gasteiger partial charge in [0.05, 0.1) is 16.4 Å². The molecule has 1 amide bonds. The monoisotopic (exact) mass is 454 g/mol. The van der Waals surface area contributed by atoms with Crippen molar-refractivity contribution in [2.45, 2.75) is 50.2 Å². The number of rotatable bonds is 9. The van der Waals surface area contributed by atoms with Gasteiger partial charge in [-0.1, -0.05) is 32.0 Å². The van der Waals surface area contributed by atoms with Crippen LogP contribution in [0.15, 0.2) is 54.2 Å². The van der Waals surface area contributed by atoms with Gasteiger partial charge < -0.3 is 5.32 Å². The maximum absolute atomic E-state index is 13.4. The lowest BCUT2D eigenvalue weighted by molar-refractivity contribution is -0.122. The van der Waals surface area contributed by atoms with Crippen LogP contribution < -0.4 is 10.0 Å². The molecule has 8 heteroatoms. The van der Waals surface area contributed by atoms with Crippen LogP contribution in [0.3, 0.4) is 0 Å². The van der Waals surface area contributed by atoms with E-state index in [0.29, 0.717) is 18.0 Å². The van der Waals surface area contributed by atoms with E-state index in [4.69, 9.17) is 0 Å². The van der Waals surface area contributed by atoms with Gasteiger partial charge in [0, 0.05) is 23.5 Å². The van der Waals surface area contributed by atoms with Crippen LogP contribution in [0.2, 0.25) is 0 Å². The van der Waals surface area contributed by atoms with Crippen molar-refractivity contribution in [1.29, 1.82) is 0 Å². The molecule has 2 aromatic heterocycles. The van der Waals surface area contributed by atoms with Crippen LogP contribution >= 0.6 is 11.3 Å². The zero-order valence-electron chi connectivity index (χ0n) is 17.6. The van der Waals surface area contributed by atoms with E-state index >= 15 is 0 Å². The number of pyridine rings is 1. The first-order valence-corrected chi connectivity index (χ1v) is 12.6. The Hall–Kier alpha value is -2.58. The number of carbonyl (C=O) groups is 1. The highest BCUT2D eigenvalue weighted by atomic mass is 32.2. The summed E-state index contributed by atoms with van der Waals surface area (Å²) in [5.41, 5.74) is 2.80. The molecule has 2 heterocycles. The summed E-state index contributed by atoms with van der Waals surface area (Å²) >= 11 is 1.40. The topological polar surface area (TPSA) is 84.0 Å². The number of anilines is 2. The van der Waals surface area contributed by atoms with Crippen LogP contribution in [0, 0.1) is 0 Å². The van der Waals surface area contributed by atoms with Gasteiger partial charge in [-0.3, -0.25) is 14.5 Å². The molecule has 0 spiro atoms. The molecule has 0 aliphatic heterocycles. The molecule has 2 N–H and O–H groups in total. The minimum absolute atomic E-state index is 0.0770. The van der Waals surface area contributed by atoms with E-state index in [2.05, 4.69) is 20.0 Å². The number of nitrogens with one attached hydrogen (secondary N) is 2. The molecule has 4 rings (SSSR count). The first-order valence-electron chi connectivity index (χ1n) is 10.5. The summed E-state index contributed by atoms with van der Waals surface area (Å²) < 4.78 is 15.2. The fraction of sp³-hybridized carbons (Fsp3) is 0.348. The molecule has 0 bridgehead atoms. The van der Waals surface area contributed by atoms with Crippen LogP contribution in [-0.2, 0) is 21.2 Å². The number of amides is 1. The minimum atomic E-state index is -1.10. The Kier molecular flexibility index (Phi) is 6.48. The number of aromatic nitrogens is 2. The highest BCUT2D eigenvalue weighted by Gasteiger charge is 2.39. The first-order chi connectivity index (χ1) is 15.1. The van der Waals surface area contributed by atoms with Gasteiger partial charge >= 0.3 is 0 Å². The summed E-state index contributed by atoms with van der Waals surface area (Å²) in [6.45, 7) is 4.01. The standard InChI is InChI=1S/C23H26N4O2S2/c1-3-23(4-2,20-15-30-22(26-20)27-31(29)19-11-12-19)21(28)25-18-9-7-16(8-10-18)17-6-5-13-24-14-17/h5-10,13-15,19H,3-4,11-12H2,1-2H3,(H,25,28)(H,26,27). The molecule has 1 saturated carbocycles. The van der Waals surface area contributed by atoms with Gasteiger partial charge in [0.25, 0.3) is 0 Å². The molecule has 3 aromatic rings. The maximum Gasteiger partial charge on any atom is 0.236 e. The van der Waals surface area contributed by atoms with Crippen molar-refractivity contribution in [2.75, 3.05) is 10.0 Å². The van der Waals surface area contributed by atoms with Crippen molar-refractivity contribution in [2.24, 2.45) is 0 Å². The zero-order valence-corrected chi connectivity index (χ0v) is 19.3. The molecule has 31 heavy (non-hydrogen) atoms. The van der Waals surface area contributed by atoms with E-state index < -0.39 is 16.4 Å². The normalized spacial score (nSPS) is 14.8. The van der Waals surface area contributed by atoms with Gasteiger partial charge in [0.1, 0.15) is 11.0 Å². The maximum atomic E-state index is 13.4. The molecule has 1 atom stereocenters. The third-order valence-corrected chi connectivity index (χ3v) is 8.15. The van der Waals surface area contributed by atoms with Crippen molar-refractivity contribution in [3.05, 3.63) is 59.9 Å². The average Bonchev–Trinajstić information content (AvgIpc) is 3.56.